The number of furan rings is 1. The Morgan fingerprint density at radius 2 is 1.92 bits per heavy atom. The van der Waals surface area contributed by atoms with Gasteiger partial charge in [-0.2, -0.15) is 0 Å². The molecule has 140 valence electrons. The van der Waals surface area contributed by atoms with Crippen LogP contribution in [0.4, 0.5) is 0 Å². The van der Waals surface area contributed by atoms with E-state index in [1.807, 2.05) is 12.3 Å². The fourth-order valence-corrected chi connectivity index (χ4v) is 7.38. The van der Waals surface area contributed by atoms with E-state index in [1.54, 1.807) is 5.57 Å². The Morgan fingerprint density at radius 1 is 1.12 bits per heavy atom. The number of allylic oxidation sites excluding steroid dienone is 3. The number of hydrogen-bond acceptors (Lipinski definition) is 2. The maximum absolute atomic E-state index is 10.2. The van der Waals surface area contributed by atoms with Gasteiger partial charge in [-0.1, -0.05) is 38.5 Å². The smallest absolute Gasteiger partial charge is 0.130 e. The van der Waals surface area contributed by atoms with Crippen molar-refractivity contribution in [3.8, 4) is 0 Å². The maximum Gasteiger partial charge on any atom is 0.130 e. The van der Waals surface area contributed by atoms with E-state index in [9.17, 15) is 5.11 Å². The van der Waals surface area contributed by atoms with Crippen LogP contribution in [0.5, 0.6) is 0 Å². The molecule has 0 radical (unpaired) electrons. The van der Waals surface area contributed by atoms with Crippen molar-refractivity contribution in [2.75, 3.05) is 0 Å². The first-order valence-corrected chi connectivity index (χ1v) is 10.6. The predicted octanol–water partition coefficient (Wildman–Crippen LogP) is 5.84. The summed E-state index contributed by atoms with van der Waals surface area (Å²) in [5.41, 5.74) is 3.58. The molecular weight excluding hydrogens is 320 g/mol. The van der Waals surface area contributed by atoms with Crippen LogP contribution in [0.25, 0.3) is 5.57 Å². The predicted molar refractivity (Wildman–Crippen MR) is 104 cm³/mol. The highest BCUT2D eigenvalue weighted by Gasteiger charge is 2.58. The molecule has 0 spiro atoms. The van der Waals surface area contributed by atoms with Crippen molar-refractivity contribution in [3.63, 3.8) is 0 Å². The first kappa shape index (κ1) is 16.9. The Hall–Kier alpha value is -1.28. The average Bonchev–Trinajstić information content (AvgIpc) is 3.23. The largest absolute Gasteiger partial charge is 0.465 e. The third-order valence-electron chi connectivity index (χ3n) is 8.78. The highest BCUT2D eigenvalue weighted by molar-refractivity contribution is 5.69. The number of fused-ring (bicyclic) bond motifs is 5. The lowest BCUT2D eigenvalue weighted by molar-refractivity contribution is -0.0428. The summed E-state index contributed by atoms with van der Waals surface area (Å²) in [5, 5.41) is 10.2. The summed E-state index contributed by atoms with van der Waals surface area (Å²) in [6, 6.07) is 4.16. The zero-order chi connectivity index (χ0) is 18.1. The van der Waals surface area contributed by atoms with Gasteiger partial charge in [-0.3, -0.25) is 0 Å². The molecule has 1 heterocycles. The maximum atomic E-state index is 10.2. The van der Waals surface area contributed by atoms with Crippen molar-refractivity contribution in [2.45, 2.75) is 65.4 Å². The van der Waals surface area contributed by atoms with Gasteiger partial charge in [0.2, 0.25) is 0 Å². The monoisotopic (exact) mass is 352 g/mol. The van der Waals surface area contributed by atoms with Gasteiger partial charge < -0.3 is 9.52 Å². The van der Waals surface area contributed by atoms with E-state index < -0.39 is 0 Å². The molecule has 4 aliphatic rings. The molecular formula is C24H32O2. The van der Waals surface area contributed by atoms with Gasteiger partial charge in [0.05, 0.1) is 12.4 Å². The first-order valence-electron chi connectivity index (χ1n) is 10.6. The normalized spacial score (nSPS) is 47.5. The van der Waals surface area contributed by atoms with Gasteiger partial charge in [0, 0.05) is 0 Å². The van der Waals surface area contributed by atoms with Crippen LogP contribution in [0.3, 0.4) is 0 Å². The fourth-order valence-electron chi connectivity index (χ4n) is 7.38. The molecule has 0 saturated heterocycles. The molecule has 2 saturated carbocycles. The van der Waals surface area contributed by atoms with Crippen LogP contribution in [0, 0.1) is 34.5 Å². The molecule has 1 N–H and O–H groups in total. The Balaban J connectivity index is 1.52. The van der Waals surface area contributed by atoms with Crippen molar-refractivity contribution in [1.82, 2.24) is 0 Å². The standard InChI is InChI=1S/C24H32O2/c1-15-13-16-14-17(25)8-10-23(16,2)20-9-11-24(3)18(21-5-4-12-26-21)6-7-19(24)22(15)20/h4-6,12-13,15,17,19-20,22,25H,7-11,14H2,1-3H3/t15-,17+,19+,20+,22+,23+,24-/m1/s1. The summed E-state index contributed by atoms with van der Waals surface area (Å²) in [6.45, 7) is 7.43. The Morgan fingerprint density at radius 3 is 2.69 bits per heavy atom. The minimum atomic E-state index is -0.120. The third-order valence-corrected chi connectivity index (χ3v) is 8.78. The lowest BCUT2D eigenvalue weighted by Gasteiger charge is -2.59. The molecule has 2 fully saturated rings. The molecule has 1 aromatic rings. The number of rotatable bonds is 1. The summed E-state index contributed by atoms with van der Waals surface area (Å²) < 4.78 is 5.80. The molecule has 2 nitrogen and oxygen atoms in total. The summed E-state index contributed by atoms with van der Waals surface area (Å²) in [7, 11) is 0. The molecule has 2 heteroatoms. The van der Waals surface area contributed by atoms with Gasteiger partial charge in [-0.25, -0.2) is 0 Å². The van der Waals surface area contributed by atoms with Crippen LogP contribution in [-0.2, 0) is 0 Å². The van der Waals surface area contributed by atoms with Crippen LogP contribution >= 0.6 is 0 Å². The highest BCUT2D eigenvalue weighted by atomic mass is 16.3. The number of aliphatic hydroxyl groups is 1. The SMILES string of the molecule is C[C@@H]1C=C2C[C@@H](O)CC[C@]2(C)[C@H]2CC[C@]3(C)C(c4ccco4)=CC[C@H]3[C@H]12. The van der Waals surface area contributed by atoms with E-state index in [4.69, 9.17) is 4.42 Å². The molecule has 0 unspecified atom stereocenters. The van der Waals surface area contributed by atoms with Crippen LogP contribution in [0.15, 0.2) is 40.5 Å². The van der Waals surface area contributed by atoms with Gasteiger partial charge >= 0.3 is 0 Å². The van der Waals surface area contributed by atoms with Gasteiger partial charge in [0.25, 0.3) is 0 Å². The van der Waals surface area contributed by atoms with Crippen LogP contribution < -0.4 is 0 Å². The van der Waals surface area contributed by atoms with Crippen LogP contribution in [0.1, 0.15) is 65.1 Å². The average molecular weight is 353 g/mol. The van der Waals surface area contributed by atoms with Crippen molar-refractivity contribution in [2.24, 2.45) is 34.5 Å². The third kappa shape index (κ3) is 2.14. The lowest BCUT2D eigenvalue weighted by atomic mass is 9.45. The second-order valence-corrected chi connectivity index (χ2v) is 9.94. The molecule has 0 aliphatic heterocycles. The minimum absolute atomic E-state index is 0.120. The van der Waals surface area contributed by atoms with Crippen molar-refractivity contribution in [1.29, 1.82) is 0 Å². The Labute approximate surface area is 157 Å². The topological polar surface area (TPSA) is 33.4 Å². The quantitative estimate of drug-likeness (QED) is 0.644. The fraction of sp³-hybridized carbons (Fsp3) is 0.667. The Kier molecular flexibility index (Phi) is 3.64. The molecule has 0 bridgehead atoms. The second-order valence-electron chi connectivity index (χ2n) is 9.94. The van der Waals surface area contributed by atoms with E-state index in [0.717, 1.165) is 42.8 Å². The summed E-state index contributed by atoms with van der Waals surface area (Å²) >= 11 is 0. The van der Waals surface area contributed by atoms with Crippen molar-refractivity contribution in [3.05, 3.63) is 41.9 Å². The van der Waals surface area contributed by atoms with Gasteiger partial charge in [-0.15, -0.1) is 0 Å². The van der Waals surface area contributed by atoms with Gasteiger partial charge in [0.15, 0.2) is 0 Å². The molecule has 1 aromatic heterocycles. The summed E-state index contributed by atoms with van der Waals surface area (Å²) in [4.78, 5) is 0. The van der Waals surface area contributed by atoms with E-state index in [2.05, 4.69) is 39.0 Å². The van der Waals surface area contributed by atoms with Crippen molar-refractivity contribution < 1.29 is 9.52 Å². The van der Waals surface area contributed by atoms with E-state index in [-0.39, 0.29) is 11.5 Å². The van der Waals surface area contributed by atoms with Crippen LogP contribution in [-0.4, -0.2) is 11.2 Å². The molecule has 26 heavy (non-hydrogen) atoms. The zero-order valence-corrected chi connectivity index (χ0v) is 16.4. The molecule has 5 rings (SSSR count). The van der Waals surface area contributed by atoms with E-state index >= 15 is 0 Å². The van der Waals surface area contributed by atoms with Crippen molar-refractivity contribution >= 4 is 5.57 Å². The number of aliphatic hydroxyl groups excluding tert-OH is 1. The summed E-state index contributed by atoms with van der Waals surface area (Å²) in [6.07, 6.45) is 13.5. The van der Waals surface area contributed by atoms with E-state index in [0.29, 0.717) is 11.3 Å². The molecule has 4 aliphatic carbocycles. The highest BCUT2D eigenvalue weighted by Crippen LogP contribution is 2.67. The molecule has 7 atom stereocenters. The van der Waals surface area contributed by atoms with E-state index in [1.165, 1.54) is 24.8 Å². The number of hydrogen-bond donors (Lipinski definition) is 1. The van der Waals surface area contributed by atoms with Gasteiger partial charge in [0.1, 0.15) is 5.76 Å². The first-order chi connectivity index (χ1) is 12.4. The van der Waals surface area contributed by atoms with Crippen LogP contribution in [0.2, 0.25) is 0 Å². The molecule has 0 amide bonds. The zero-order valence-electron chi connectivity index (χ0n) is 16.4. The minimum Gasteiger partial charge on any atom is -0.465 e. The second kappa shape index (κ2) is 5.61. The molecule has 0 aromatic carbocycles. The summed E-state index contributed by atoms with van der Waals surface area (Å²) in [5.74, 6) is 3.94. The van der Waals surface area contributed by atoms with Gasteiger partial charge in [-0.05, 0) is 90.7 Å². The Bertz CT molecular complexity index is 757. The lowest BCUT2D eigenvalue weighted by Crippen LogP contribution is -2.52.